The molecule has 0 amide bonds. The van der Waals surface area contributed by atoms with Crippen molar-refractivity contribution < 1.29 is 29.0 Å². The molecule has 0 radical (unpaired) electrons. The highest BCUT2D eigenvalue weighted by atomic mass is 35.5. The van der Waals surface area contributed by atoms with Gasteiger partial charge in [0.1, 0.15) is 6.10 Å². The molecule has 0 bridgehead atoms. The van der Waals surface area contributed by atoms with Crippen LogP contribution >= 0.6 is 11.6 Å². The highest BCUT2D eigenvalue weighted by Crippen LogP contribution is 2.77. The number of carbonyl (C=O) groups excluding carboxylic acids is 3. The number of halogens is 1. The maximum atomic E-state index is 14.0. The van der Waals surface area contributed by atoms with E-state index in [0.717, 1.165) is 62.5 Å². The van der Waals surface area contributed by atoms with E-state index in [1.807, 2.05) is 24.3 Å². The minimum Gasteiger partial charge on any atom is -0.481 e. The van der Waals surface area contributed by atoms with Crippen molar-refractivity contribution in [1.82, 2.24) is 0 Å². The van der Waals surface area contributed by atoms with Crippen LogP contribution in [0.2, 0.25) is 5.02 Å². The standard InChI is InChI=1S/C47H65ClO6/c1-28(2)39-34(50)26-47(21-16-32(49)24-29(3)30-12-11-13-31(48)25-30)23-22-45(9)33(40(39)47)14-15-36-44(8)19-18-37(54-38(51)27-42(4,5)41(52)53)43(6,7)35(44)17-20-46(36,45)10/h11-13,16,21,25,28-29,33,35-37H,14-15,17-20,22-24,26-27H2,1-10H3,(H,52,53)/b21-16+/t29-,33-,35+,36-,37+,44+,45-,46-,47+/m1/s1. The number of carbonyl (C=O) groups is 4. The zero-order valence-corrected chi connectivity index (χ0v) is 35.3. The lowest BCUT2D eigenvalue weighted by molar-refractivity contribution is -0.232. The average Bonchev–Trinajstić information content (AvgIpc) is 3.37. The zero-order valence-electron chi connectivity index (χ0n) is 34.6. The summed E-state index contributed by atoms with van der Waals surface area (Å²) in [6, 6.07) is 7.75. The maximum Gasteiger partial charge on any atom is 0.309 e. The van der Waals surface area contributed by atoms with Crippen molar-refractivity contribution in [1.29, 1.82) is 0 Å². The summed E-state index contributed by atoms with van der Waals surface area (Å²) in [5.41, 5.74) is 1.73. The van der Waals surface area contributed by atoms with Crippen LogP contribution in [-0.2, 0) is 23.9 Å². The van der Waals surface area contributed by atoms with Crippen molar-refractivity contribution in [3.8, 4) is 0 Å². The number of hydrogen-bond acceptors (Lipinski definition) is 5. The first-order chi connectivity index (χ1) is 25.0. The van der Waals surface area contributed by atoms with Crippen molar-refractivity contribution in [3.05, 3.63) is 58.1 Å². The molecule has 0 aromatic heterocycles. The summed E-state index contributed by atoms with van der Waals surface area (Å²) in [5, 5.41) is 10.3. The van der Waals surface area contributed by atoms with Gasteiger partial charge < -0.3 is 9.84 Å². The summed E-state index contributed by atoms with van der Waals surface area (Å²) in [5.74, 6) is 0.248. The van der Waals surface area contributed by atoms with Gasteiger partial charge in [-0.15, -0.1) is 0 Å². The lowest BCUT2D eigenvalue weighted by Crippen LogP contribution is -2.65. The van der Waals surface area contributed by atoms with Crippen LogP contribution in [0, 0.1) is 56.2 Å². The third-order valence-corrected chi connectivity index (χ3v) is 16.6. The second-order valence-corrected chi connectivity index (χ2v) is 21.0. The van der Waals surface area contributed by atoms with Gasteiger partial charge >= 0.3 is 11.9 Å². The molecule has 0 unspecified atom stereocenters. The van der Waals surface area contributed by atoms with Gasteiger partial charge in [0.15, 0.2) is 11.6 Å². The number of ketones is 2. The Balaban J connectivity index is 1.26. The van der Waals surface area contributed by atoms with Crippen LogP contribution in [0.1, 0.15) is 151 Å². The van der Waals surface area contributed by atoms with Crippen LogP contribution < -0.4 is 0 Å². The third kappa shape index (κ3) is 6.56. The molecule has 0 heterocycles. The topological polar surface area (TPSA) is 97.7 Å². The van der Waals surface area contributed by atoms with E-state index in [1.165, 1.54) is 5.57 Å². The smallest absolute Gasteiger partial charge is 0.309 e. The van der Waals surface area contributed by atoms with Crippen LogP contribution in [0.15, 0.2) is 47.6 Å². The molecule has 4 fully saturated rings. The molecule has 6 nitrogen and oxygen atoms in total. The second kappa shape index (κ2) is 14.0. The predicted molar refractivity (Wildman–Crippen MR) is 214 cm³/mol. The van der Waals surface area contributed by atoms with Crippen molar-refractivity contribution in [2.45, 2.75) is 152 Å². The molecule has 54 heavy (non-hydrogen) atoms. The van der Waals surface area contributed by atoms with Gasteiger partial charge in [0.2, 0.25) is 0 Å². The Labute approximate surface area is 329 Å². The molecule has 1 aromatic rings. The van der Waals surface area contributed by atoms with Crippen molar-refractivity contribution in [3.63, 3.8) is 0 Å². The van der Waals surface area contributed by atoms with Crippen LogP contribution in [0.25, 0.3) is 0 Å². The first-order valence-corrected chi connectivity index (χ1v) is 21.1. The number of Topliss-reactive ketones (excluding diaryl/α,β-unsaturated/α-hetero) is 1. The molecule has 6 rings (SSSR count). The summed E-state index contributed by atoms with van der Waals surface area (Å²) in [4.78, 5) is 52.4. The number of aliphatic carboxylic acids is 1. The molecule has 5 aliphatic carbocycles. The zero-order chi connectivity index (χ0) is 39.8. The maximum absolute atomic E-state index is 14.0. The molecule has 0 aliphatic heterocycles. The molecule has 7 heteroatoms. The molecular weight excluding hydrogens is 696 g/mol. The van der Waals surface area contributed by atoms with Crippen molar-refractivity contribution >= 4 is 35.1 Å². The van der Waals surface area contributed by atoms with Crippen molar-refractivity contribution in [2.75, 3.05) is 0 Å². The fraction of sp³-hybridized carbons (Fsp3) is 0.702. The minimum atomic E-state index is -1.17. The number of carboxylic acid groups (broad SMARTS) is 1. The normalized spacial score (nSPS) is 36.6. The summed E-state index contributed by atoms with van der Waals surface area (Å²) >= 11 is 6.25. The SMILES string of the molecule is CC(C)C1=C2[C@H]3CC[C@@H]4[C@@]5(C)CC[C@H](OC(=O)CC(C)(C)C(=O)O)C(C)(C)[C@@H]5CC[C@@]4(C)[C@]3(C)CC[C@@]2(/C=C/C(=O)C[C@@H](C)c2cccc(Cl)c2)CC1=O. The monoisotopic (exact) mass is 760 g/mol. The first-order valence-electron chi connectivity index (χ1n) is 20.7. The lowest BCUT2D eigenvalue weighted by Gasteiger charge is -2.72. The summed E-state index contributed by atoms with van der Waals surface area (Å²) < 4.78 is 6.17. The number of benzene rings is 1. The van der Waals surface area contributed by atoms with Gasteiger partial charge in [-0.1, -0.05) is 85.2 Å². The van der Waals surface area contributed by atoms with E-state index >= 15 is 0 Å². The number of carboxylic acids is 1. The van der Waals surface area contributed by atoms with E-state index < -0.39 is 22.8 Å². The quantitative estimate of drug-likeness (QED) is 0.188. The number of allylic oxidation sites excluding steroid dienone is 4. The average molecular weight is 761 g/mol. The number of ether oxygens (including phenoxy) is 1. The molecule has 0 spiro atoms. The fourth-order valence-corrected chi connectivity index (χ4v) is 13.4. The first kappa shape index (κ1) is 40.9. The summed E-state index contributed by atoms with van der Waals surface area (Å²) in [7, 11) is 0. The van der Waals surface area contributed by atoms with Gasteiger partial charge in [0, 0.05) is 28.7 Å². The Bertz CT molecular complexity index is 1770. The Morgan fingerprint density at radius 2 is 1.65 bits per heavy atom. The van der Waals surface area contributed by atoms with E-state index in [1.54, 1.807) is 19.9 Å². The Kier molecular flexibility index (Phi) is 10.6. The van der Waals surface area contributed by atoms with Crippen LogP contribution in [0.3, 0.4) is 0 Å². The highest BCUT2D eigenvalue weighted by molar-refractivity contribution is 6.30. The van der Waals surface area contributed by atoms with Crippen LogP contribution in [0.5, 0.6) is 0 Å². The van der Waals surface area contributed by atoms with Gasteiger partial charge in [-0.25, -0.2) is 0 Å². The van der Waals surface area contributed by atoms with Gasteiger partial charge in [0.25, 0.3) is 0 Å². The summed E-state index contributed by atoms with van der Waals surface area (Å²) in [6.45, 7) is 21.7. The van der Waals surface area contributed by atoms with E-state index in [0.29, 0.717) is 29.7 Å². The van der Waals surface area contributed by atoms with Gasteiger partial charge in [-0.05, 0) is 146 Å². The van der Waals surface area contributed by atoms with Crippen LogP contribution in [0.4, 0.5) is 0 Å². The Morgan fingerprint density at radius 3 is 2.30 bits per heavy atom. The minimum absolute atomic E-state index is 0.00228. The Hall–Kier alpha value is -2.73. The Morgan fingerprint density at radius 1 is 0.944 bits per heavy atom. The van der Waals surface area contributed by atoms with E-state index in [2.05, 4.69) is 61.5 Å². The van der Waals surface area contributed by atoms with E-state index in [-0.39, 0.29) is 63.5 Å². The number of hydrogen-bond donors (Lipinski definition) is 1. The molecule has 0 saturated heterocycles. The largest absolute Gasteiger partial charge is 0.481 e. The molecule has 9 atom stereocenters. The molecule has 1 N–H and O–H groups in total. The summed E-state index contributed by atoms with van der Waals surface area (Å²) in [6.07, 6.45) is 12.4. The van der Waals surface area contributed by atoms with Gasteiger partial charge in [-0.3, -0.25) is 19.2 Å². The number of rotatable bonds is 10. The molecule has 296 valence electrons. The van der Waals surface area contributed by atoms with E-state index in [9.17, 15) is 24.3 Å². The van der Waals surface area contributed by atoms with Gasteiger partial charge in [-0.2, -0.15) is 0 Å². The second-order valence-electron chi connectivity index (χ2n) is 20.5. The van der Waals surface area contributed by atoms with Gasteiger partial charge in [0.05, 0.1) is 11.8 Å². The van der Waals surface area contributed by atoms with Crippen LogP contribution in [-0.4, -0.2) is 34.7 Å². The van der Waals surface area contributed by atoms with E-state index in [4.69, 9.17) is 16.3 Å². The lowest BCUT2D eigenvalue weighted by atomic mass is 9.33. The number of fused-ring (bicyclic) bond motifs is 7. The predicted octanol–water partition coefficient (Wildman–Crippen LogP) is 11.4. The molecule has 5 aliphatic rings. The molecule has 4 saturated carbocycles. The van der Waals surface area contributed by atoms with Crippen molar-refractivity contribution in [2.24, 2.45) is 56.2 Å². The molecular formula is C47H65ClO6. The highest BCUT2D eigenvalue weighted by Gasteiger charge is 2.70. The fourth-order valence-electron chi connectivity index (χ4n) is 13.2. The third-order valence-electron chi connectivity index (χ3n) is 16.4. The number of esters is 1. The molecule has 1 aromatic carbocycles.